The van der Waals surface area contributed by atoms with Gasteiger partial charge in [0.1, 0.15) is 23.0 Å². The number of hydrogen-bond acceptors (Lipinski definition) is 8. The molecule has 2 aromatic rings. The van der Waals surface area contributed by atoms with Crippen LogP contribution < -0.4 is 0 Å². The number of aromatic hydroxyl groups is 4. The van der Waals surface area contributed by atoms with Crippen molar-refractivity contribution >= 4 is 11.6 Å². The van der Waals surface area contributed by atoms with Crippen LogP contribution in [0, 0.1) is 0 Å². The highest BCUT2D eigenvalue weighted by atomic mass is 16.5. The van der Waals surface area contributed by atoms with Gasteiger partial charge >= 0.3 is 0 Å². The third kappa shape index (κ3) is 5.87. The van der Waals surface area contributed by atoms with Crippen molar-refractivity contribution in [2.75, 3.05) is 14.2 Å². The molecule has 194 valence electrons. The Bertz CT molecular complexity index is 1320. The molecule has 0 bridgehead atoms. The van der Waals surface area contributed by atoms with Crippen LogP contribution in [0.2, 0.25) is 0 Å². The van der Waals surface area contributed by atoms with Crippen LogP contribution >= 0.6 is 0 Å². The molecule has 2 aliphatic rings. The maximum Gasteiger partial charge on any atom is 0.220 e. The van der Waals surface area contributed by atoms with Gasteiger partial charge in [0.25, 0.3) is 0 Å². The second-order valence-electron chi connectivity index (χ2n) is 8.77. The summed E-state index contributed by atoms with van der Waals surface area (Å²) in [4.78, 5) is 24.2. The van der Waals surface area contributed by atoms with E-state index in [-0.39, 0.29) is 46.1 Å². The maximum absolute atomic E-state index is 12.1. The van der Waals surface area contributed by atoms with Crippen molar-refractivity contribution in [1.29, 1.82) is 0 Å². The fourth-order valence-corrected chi connectivity index (χ4v) is 4.43. The second kappa shape index (κ2) is 11.0. The number of phenolic OH excluding ortho intramolecular Hbond substituents is 4. The molecule has 2 aliphatic carbocycles. The molecule has 0 fully saturated rings. The zero-order valence-electron chi connectivity index (χ0n) is 20.7. The molecule has 0 saturated heterocycles. The summed E-state index contributed by atoms with van der Waals surface area (Å²) in [6.45, 7) is 0. The number of carbonyl (C=O) groups excluding carboxylic acids is 2. The number of methoxy groups -OCH3 is 2. The van der Waals surface area contributed by atoms with Crippen LogP contribution in [0.15, 0.2) is 108 Å². The minimum Gasteiger partial charge on any atom is -0.508 e. The minimum absolute atomic E-state index is 0.141. The van der Waals surface area contributed by atoms with Gasteiger partial charge in [-0.2, -0.15) is 0 Å². The van der Waals surface area contributed by atoms with E-state index in [0.717, 1.165) is 0 Å². The SMILES string of the molecule is COC1=C/C(=C\[C@H](c2cc(O)cc(O)c2)[C@H](/C=C2/C=CC(=O)C(OC)=C2)c2cc(O)cc(O)c2)C=CC1=O. The Labute approximate surface area is 219 Å². The standard InChI is InChI=1S/C30H26O8/c1-37-29-9-17(3-5-27(29)35)7-25(19-11-21(31)15-22(32)12-19)26(20-13-23(33)16-24(34)14-20)8-18-4-6-28(36)30(10-18)38-2/h3-16,25-26,31-34H,1-2H3/b17-7-,18-8-/t25-,26-/m1/s1. The molecule has 0 spiro atoms. The second-order valence-corrected chi connectivity index (χ2v) is 8.77. The average molecular weight is 515 g/mol. The maximum atomic E-state index is 12.1. The molecule has 0 radical (unpaired) electrons. The molecule has 0 heterocycles. The summed E-state index contributed by atoms with van der Waals surface area (Å²) in [6, 6.07) is 8.37. The van der Waals surface area contributed by atoms with E-state index in [9.17, 15) is 30.0 Å². The number of ether oxygens (including phenoxy) is 2. The predicted molar refractivity (Wildman–Crippen MR) is 140 cm³/mol. The van der Waals surface area contributed by atoms with Crippen molar-refractivity contribution in [2.24, 2.45) is 0 Å². The van der Waals surface area contributed by atoms with E-state index in [1.807, 2.05) is 12.2 Å². The van der Waals surface area contributed by atoms with Crippen LogP contribution in [0.1, 0.15) is 23.0 Å². The van der Waals surface area contributed by atoms with Gasteiger partial charge in [-0.25, -0.2) is 0 Å². The summed E-state index contributed by atoms with van der Waals surface area (Å²) >= 11 is 0. The number of carbonyl (C=O) groups is 2. The molecule has 0 unspecified atom stereocenters. The third-order valence-electron chi connectivity index (χ3n) is 6.13. The highest BCUT2D eigenvalue weighted by Crippen LogP contribution is 2.42. The molecule has 38 heavy (non-hydrogen) atoms. The summed E-state index contributed by atoms with van der Waals surface area (Å²) in [5.74, 6) is -2.19. The summed E-state index contributed by atoms with van der Waals surface area (Å²) in [5.41, 5.74) is 2.24. The van der Waals surface area contributed by atoms with E-state index >= 15 is 0 Å². The van der Waals surface area contributed by atoms with Gasteiger partial charge in [0.2, 0.25) is 11.6 Å². The van der Waals surface area contributed by atoms with Crippen LogP contribution in [0.25, 0.3) is 0 Å². The van der Waals surface area contributed by atoms with Crippen LogP contribution in [-0.2, 0) is 19.1 Å². The molecule has 8 nitrogen and oxygen atoms in total. The Hall–Kier alpha value is -4.98. The van der Waals surface area contributed by atoms with E-state index in [1.165, 1.54) is 62.8 Å². The van der Waals surface area contributed by atoms with E-state index in [2.05, 4.69) is 0 Å². The quantitative estimate of drug-likeness (QED) is 0.422. The molecule has 2 aromatic carbocycles. The Kier molecular flexibility index (Phi) is 7.53. The van der Waals surface area contributed by atoms with Gasteiger partial charge in [-0.05, 0) is 70.8 Å². The largest absolute Gasteiger partial charge is 0.508 e. The van der Waals surface area contributed by atoms with Crippen LogP contribution in [0.4, 0.5) is 0 Å². The summed E-state index contributed by atoms with van der Waals surface area (Å²) in [5, 5.41) is 41.1. The molecule has 2 atom stereocenters. The minimum atomic E-state index is -0.616. The van der Waals surface area contributed by atoms with Crippen molar-refractivity contribution in [3.05, 3.63) is 119 Å². The van der Waals surface area contributed by atoms with Crippen molar-refractivity contribution in [2.45, 2.75) is 11.8 Å². The van der Waals surface area contributed by atoms with Gasteiger partial charge in [0.05, 0.1) is 14.2 Å². The molecule has 0 aromatic heterocycles. The number of phenols is 4. The fraction of sp³-hybridized carbons (Fsp3) is 0.133. The molecular formula is C30H26O8. The number of ketones is 2. The lowest BCUT2D eigenvalue weighted by atomic mass is 9.78. The molecule has 8 heteroatoms. The van der Waals surface area contributed by atoms with Gasteiger partial charge in [0.15, 0.2) is 11.5 Å². The van der Waals surface area contributed by atoms with Crippen molar-refractivity contribution in [3.63, 3.8) is 0 Å². The van der Waals surface area contributed by atoms with E-state index < -0.39 is 11.8 Å². The molecule has 0 aliphatic heterocycles. The van der Waals surface area contributed by atoms with Crippen molar-refractivity contribution in [1.82, 2.24) is 0 Å². The first-order valence-electron chi connectivity index (χ1n) is 11.6. The van der Waals surface area contributed by atoms with Gasteiger partial charge in [-0.15, -0.1) is 0 Å². The fourth-order valence-electron chi connectivity index (χ4n) is 4.43. The summed E-state index contributed by atoms with van der Waals surface area (Å²) in [6.07, 6.45) is 12.8. The smallest absolute Gasteiger partial charge is 0.220 e. The monoisotopic (exact) mass is 514 g/mol. The predicted octanol–water partition coefficient (Wildman–Crippen LogP) is 4.57. The Morgan fingerprint density at radius 1 is 0.579 bits per heavy atom. The molecule has 4 N–H and O–H groups in total. The van der Waals surface area contributed by atoms with Gasteiger partial charge in [0, 0.05) is 24.0 Å². The average Bonchev–Trinajstić information content (AvgIpc) is 2.86. The first kappa shape index (κ1) is 26.1. The Morgan fingerprint density at radius 3 is 1.24 bits per heavy atom. The van der Waals surface area contributed by atoms with Crippen LogP contribution in [0.5, 0.6) is 23.0 Å². The summed E-state index contributed by atoms with van der Waals surface area (Å²) < 4.78 is 10.4. The van der Waals surface area contributed by atoms with Crippen molar-refractivity contribution in [3.8, 4) is 23.0 Å². The van der Waals surface area contributed by atoms with E-state index in [0.29, 0.717) is 22.3 Å². The number of hydrogen-bond donors (Lipinski definition) is 4. The zero-order valence-corrected chi connectivity index (χ0v) is 20.7. The van der Waals surface area contributed by atoms with E-state index in [4.69, 9.17) is 9.47 Å². The van der Waals surface area contributed by atoms with Crippen LogP contribution in [-0.4, -0.2) is 46.2 Å². The Morgan fingerprint density at radius 2 is 0.921 bits per heavy atom. The van der Waals surface area contributed by atoms with Gasteiger partial charge < -0.3 is 29.9 Å². The normalized spacial score (nSPS) is 18.8. The molecule has 0 amide bonds. The zero-order chi connectivity index (χ0) is 27.4. The lowest BCUT2D eigenvalue weighted by molar-refractivity contribution is -0.114. The topological polar surface area (TPSA) is 134 Å². The third-order valence-corrected chi connectivity index (χ3v) is 6.13. The number of allylic oxidation sites excluding steroid dienone is 10. The summed E-state index contributed by atoms with van der Waals surface area (Å²) in [7, 11) is 2.79. The highest BCUT2D eigenvalue weighted by molar-refractivity contribution is 6.05. The lowest BCUT2D eigenvalue weighted by Crippen LogP contribution is -2.12. The Balaban J connectivity index is 1.97. The van der Waals surface area contributed by atoms with E-state index in [1.54, 1.807) is 24.3 Å². The molecule has 0 saturated carbocycles. The molecular weight excluding hydrogens is 488 g/mol. The highest BCUT2D eigenvalue weighted by Gasteiger charge is 2.26. The first-order chi connectivity index (χ1) is 18.2. The van der Waals surface area contributed by atoms with Gasteiger partial charge in [-0.3, -0.25) is 9.59 Å². The molecule has 4 rings (SSSR count). The lowest BCUT2D eigenvalue weighted by Gasteiger charge is -2.26. The van der Waals surface area contributed by atoms with Crippen molar-refractivity contribution < 1.29 is 39.5 Å². The first-order valence-corrected chi connectivity index (χ1v) is 11.6. The number of benzene rings is 2. The van der Waals surface area contributed by atoms with Gasteiger partial charge in [-0.1, -0.05) is 24.3 Å². The number of rotatable bonds is 7. The van der Waals surface area contributed by atoms with Crippen LogP contribution in [0.3, 0.4) is 0 Å².